The van der Waals surface area contributed by atoms with Crippen LogP contribution in [-0.4, -0.2) is 38.2 Å². The molecule has 0 spiro atoms. The van der Waals surface area contributed by atoms with E-state index < -0.39 is 0 Å². The van der Waals surface area contributed by atoms with Crippen molar-refractivity contribution in [2.24, 2.45) is 0 Å². The SMILES string of the molecule is COc1ccc(/C=C(\NC(=O)c2ccccc2)C(=O)NC[C@@H]2CCCO2)cc1. The molecule has 2 amide bonds. The number of nitrogens with one attached hydrogen (secondary N) is 2. The van der Waals surface area contributed by atoms with Gasteiger partial charge >= 0.3 is 0 Å². The van der Waals surface area contributed by atoms with Gasteiger partial charge in [-0.05, 0) is 48.7 Å². The first-order valence-corrected chi connectivity index (χ1v) is 9.27. The van der Waals surface area contributed by atoms with Gasteiger partial charge in [0.15, 0.2) is 0 Å². The first-order valence-electron chi connectivity index (χ1n) is 9.27. The summed E-state index contributed by atoms with van der Waals surface area (Å²) in [5, 5.41) is 5.58. The third-order valence-electron chi connectivity index (χ3n) is 4.47. The molecule has 6 heteroatoms. The van der Waals surface area contributed by atoms with E-state index in [2.05, 4.69) is 10.6 Å². The molecular weight excluding hydrogens is 356 g/mol. The molecule has 1 aliphatic rings. The summed E-state index contributed by atoms with van der Waals surface area (Å²) in [5.74, 6) is 0.0260. The summed E-state index contributed by atoms with van der Waals surface area (Å²) < 4.78 is 10.7. The van der Waals surface area contributed by atoms with Crippen LogP contribution in [0.2, 0.25) is 0 Å². The summed E-state index contributed by atoms with van der Waals surface area (Å²) in [5.41, 5.74) is 1.43. The molecule has 1 saturated heterocycles. The first-order chi connectivity index (χ1) is 13.7. The van der Waals surface area contributed by atoms with E-state index in [-0.39, 0.29) is 23.6 Å². The Kier molecular flexibility index (Phi) is 6.81. The molecule has 6 nitrogen and oxygen atoms in total. The Morgan fingerprint density at radius 3 is 2.54 bits per heavy atom. The topological polar surface area (TPSA) is 76.7 Å². The summed E-state index contributed by atoms with van der Waals surface area (Å²) >= 11 is 0. The Hall–Kier alpha value is -3.12. The maximum atomic E-state index is 12.7. The van der Waals surface area contributed by atoms with E-state index in [0.717, 1.165) is 30.8 Å². The highest BCUT2D eigenvalue weighted by molar-refractivity contribution is 6.05. The number of methoxy groups -OCH3 is 1. The van der Waals surface area contributed by atoms with E-state index >= 15 is 0 Å². The van der Waals surface area contributed by atoms with Crippen molar-refractivity contribution in [3.63, 3.8) is 0 Å². The number of carbonyl (C=O) groups excluding carboxylic acids is 2. The third-order valence-corrected chi connectivity index (χ3v) is 4.47. The summed E-state index contributed by atoms with van der Waals surface area (Å²) in [7, 11) is 1.59. The van der Waals surface area contributed by atoms with Crippen LogP contribution in [0.25, 0.3) is 6.08 Å². The van der Waals surface area contributed by atoms with Gasteiger partial charge in [-0.25, -0.2) is 0 Å². The number of hydrogen-bond donors (Lipinski definition) is 2. The van der Waals surface area contributed by atoms with Crippen molar-refractivity contribution in [2.45, 2.75) is 18.9 Å². The smallest absolute Gasteiger partial charge is 0.267 e. The van der Waals surface area contributed by atoms with Gasteiger partial charge < -0.3 is 20.1 Å². The quantitative estimate of drug-likeness (QED) is 0.724. The Labute approximate surface area is 164 Å². The van der Waals surface area contributed by atoms with Crippen LogP contribution >= 0.6 is 0 Å². The Morgan fingerprint density at radius 1 is 1.14 bits per heavy atom. The second-order valence-electron chi connectivity index (χ2n) is 6.50. The number of benzene rings is 2. The summed E-state index contributed by atoms with van der Waals surface area (Å²) in [4.78, 5) is 25.3. The molecule has 1 atom stereocenters. The van der Waals surface area contributed by atoms with Gasteiger partial charge in [0.2, 0.25) is 0 Å². The lowest BCUT2D eigenvalue weighted by Crippen LogP contribution is -2.38. The molecule has 1 heterocycles. The molecule has 2 aromatic carbocycles. The fraction of sp³-hybridized carbons (Fsp3) is 0.273. The lowest BCUT2D eigenvalue weighted by atomic mass is 10.1. The van der Waals surface area contributed by atoms with Gasteiger partial charge in [0.05, 0.1) is 13.2 Å². The predicted octanol–water partition coefficient (Wildman–Crippen LogP) is 2.76. The van der Waals surface area contributed by atoms with Crippen LogP contribution in [0.15, 0.2) is 60.3 Å². The molecule has 146 valence electrons. The lowest BCUT2D eigenvalue weighted by Gasteiger charge is -2.14. The van der Waals surface area contributed by atoms with E-state index in [0.29, 0.717) is 12.1 Å². The number of hydrogen-bond acceptors (Lipinski definition) is 4. The highest BCUT2D eigenvalue weighted by Gasteiger charge is 2.19. The highest BCUT2D eigenvalue weighted by Crippen LogP contribution is 2.14. The lowest BCUT2D eigenvalue weighted by molar-refractivity contribution is -0.118. The number of rotatable bonds is 7. The van der Waals surface area contributed by atoms with E-state index in [4.69, 9.17) is 9.47 Å². The highest BCUT2D eigenvalue weighted by atomic mass is 16.5. The summed E-state index contributed by atoms with van der Waals surface area (Å²) in [6, 6.07) is 16.0. The molecule has 0 aromatic heterocycles. The van der Waals surface area contributed by atoms with Crippen molar-refractivity contribution in [3.05, 3.63) is 71.4 Å². The van der Waals surface area contributed by atoms with Crippen LogP contribution in [-0.2, 0) is 9.53 Å². The molecule has 0 saturated carbocycles. The number of amides is 2. The fourth-order valence-electron chi connectivity index (χ4n) is 2.92. The van der Waals surface area contributed by atoms with Crippen molar-refractivity contribution >= 4 is 17.9 Å². The van der Waals surface area contributed by atoms with E-state index in [1.807, 2.05) is 18.2 Å². The van der Waals surface area contributed by atoms with Crippen LogP contribution in [0.4, 0.5) is 0 Å². The van der Waals surface area contributed by atoms with Gasteiger partial charge in [0.1, 0.15) is 11.4 Å². The van der Waals surface area contributed by atoms with Gasteiger partial charge in [-0.15, -0.1) is 0 Å². The van der Waals surface area contributed by atoms with Crippen LogP contribution < -0.4 is 15.4 Å². The van der Waals surface area contributed by atoms with Crippen LogP contribution in [0.3, 0.4) is 0 Å². The zero-order valence-corrected chi connectivity index (χ0v) is 15.8. The molecule has 28 heavy (non-hydrogen) atoms. The van der Waals surface area contributed by atoms with Crippen molar-refractivity contribution in [3.8, 4) is 5.75 Å². The zero-order chi connectivity index (χ0) is 19.8. The van der Waals surface area contributed by atoms with Crippen LogP contribution in [0.1, 0.15) is 28.8 Å². The third kappa shape index (κ3) is 5.44. The average Bonchev–Trinajstić information content (AvgIpc) is 3.26. The molecule has 0 unspecified atom stereocenters. The van der Waals surface area contributed by atoms with Crippen molar-refractivity contribution in [2.75, 3.05) is 20.3 Å². The predicted molar refractivity (Wildman–Crippen MR) is 107 cm³/mol. The minimum absolute atomic E-state index is 0.0241. The monoisotopic (exact) mass is 380 g/mol. The molecule has 1 fully saturated rings. The van der Waals surface area contributed by atoms with Gasteiger partial charge in [0, 0.05) is 18.7 Å². The van der Waals surface area contributed by atoms with Gasteiger partial charge in [0.25, 0.3) is 11.8 Å². The molecule has 3 rings (SSSR count). The molecule has 0 radical (unpaired) electrons. The standard InChI is InChI=1S/C22H24N2O4/c1-27-18-11-9-16(10-12-18)14-20(22(26)23-15-19-8-5-13-28-19)24-21(25)17-6-3-2-4-7-17/h2-4,6-7,9-12,14,19H,5,8,13,15H2,1H3,(H,23,26)(H,24,25)/b20-14-/t19-/m0/s1. The Bertz CT molecular complexity index is 825. The minimum Gasteiger partial charge on any atom is -0.497 e. The molecule has 0 bridgehead atoms. The summed E-state index contributed by atoms with van der Waals surface area (Å²) in [6.07, 6.45) is 3.59. The largest absolute Gasteiger partial charge is 0.497 e. The average molecular weight is 380 g/mol. The molecular formula is C22H24N2O4. The summed E-state index contributed by atoms with van der Waals surface area (Å²) in [6.45, 7) is 1.14. The molecule has 0 aliphatic carbocycles. The number of carbonyl (C=O) groups is 2. The minimum atomic E-state index is -0.351. The second kappa shape index (κ2) is 9.71. The van der Waals surface area contributed by atoms with Crippen molar-refractivity contribution < 1.29 is 19.1 Å². The van der Waals surface area contributed by atoms with Gasteiger partial charge in [-0.1, -0.05) is 30.3 Å². The molecule has 1 aliphatic heterocycles. The maximum Gasteiger partial charge on any atom is 0.267 e. The molecule has 2 N–H and O–H groups in total. The first kappa shape index (κ1) is 19.6. The van der Waals surface area contributed by atoms with Crippen molar-refractivity contribution in [1.82, 2.24) is 10.6 Å². The van der Waals surface area contributed by atoms with E-state index in [9.17, 15) is 9.59 Å². The normalized spacial score (nSPS) is 16.5. The second-order valence-corrected chi connectivity index (χ2v) is 6.50. The zero-order valence-electron chi connectivity index (χ0n) is 15.8. The van der Waals surface area contributed by atoms with E-state index in [1.54, 1.807) is 49.6 Å². The Morgan fingerprint density at radius 2 is 1.89 bits per heavy atom. The van der Waals surface area contributed by atoms with Crippen LogP contribution in [0.5, 0.6) is 5.75 Å². The fourth-order valence-corrected chi connectivity index (χ4v) is 2.92. The van der Waals surface area contributed by atoms with Crippen LogP contribution in [0, 0.1) is 0 Å². The van der Waals surface area contributed by atoms with Crippen molar-refractivity contribution in [1.29, 1.82) is 0 Å². The van der Waals surface area contributed by atoms with Gasteiger partial charge in [-0.3, -0.25) is 9.59 Å². The molecule has 2 aromatic rings. The number of ether oxygens (including phenoxy) is 2. The van der Waals surface area contributed by atoms with E-state index in [1.165, 1.54) is 0 Å². The van der Waals surface area contributed by atoms with Gasteiger partial charge in [-0.2, -0.15) is 0 Å². The Balaban J connectivity index is 1.76. The maximum absolute atomic E-state index is 12.7.